The van der Waals surface area contributed by atoms with Crippen LogP contribution in [-0.4, -0.2) is 34.9 Å². The summed E-state index contributed by atoms with van der Waals surface area (Å²) >= 11 is 0. The Bertz CT molecular complexity index is 632. The van der Waals surface area contributed by atoms with E-state index >= 15 is 0 Å². The van der Waals surface area contributed by atoms with Crippen LogP contribution in [-0.2, 0) is 14.3 Å². The third kappa shape index (κ3) is 1.99. The molecule has 0 unspecified atom stereocenters. The highest BCUT2D eigenvalue weighted by Crippen LogP contribution is 2.70. The number of carbonyl (C=O) groups is 2. The smallest absolute Gasteiger partial charge is 0.311 e. The van der Waals surface area contributed by atoms with E-state index in [4.69, 9.17) is 4.74 Å². The molecule has 4 aliphatic rings. The summed E-state index contributed by atoms with van der Waals surface area (Å²) in [6.07, 6.45) is 4.77. The van der Waals surface area contributed by atoms with E-state index in [1.54, 1.807) is 0 Å². The zero-order valence-corrected chi connectivity index (χ0v) is 15.5. The Morgan fingerprint density at radius 3 is 2.44 bits per heavy atom. The summed E-state index contributed by atoms with van der Waals surface area (Å²) < 4.78 is 5.63. The van der Waals surface area contributed by atoms with Crippen LogP contribution in [0.3, 0.4) is 0 Å². The van der Waals surface area contributed by atoms with Gasteiger partial charge in [0.2, 0.25) is 0 Å². The van der Waals surface area contributed by atoms with E-state index in [1.807, 2.05) is 13.8 Å². The first kappa shape index (κ1) is 17.3. The second kappa shape index (κ2) is 4.99. The number of carbonyl (C=O) groups excluding carboxylic acids is 1. The van der Waals surface area contributed by atoms with Gasteiger partial charge in [-0.3, -0.25) is 9.59 Å². The van der Waals surface area contributed by atoms with Crippen molar-refractivity contribution in [1.82, 2.24) is 0 Å². The molecule has 0 radical (unpaired) electrons. The number of aliphatic hydroxyl groups excluding tert-OH is 1. The van der Waals surface area contributed by atoms with Crippen molar-refractivity contribution in [2.24, 2.45) is 33.5 Å². The Morgan fingerprint density at radius 2 is 1.76 bits per heavy atom. The molecule has 4 fully saturated rings. The number of ether oxygens (including phenoxy) is 1. The van der Waals surface area contributed by atoms with Crippen LogP contribution in [0.4, 0.5) is 0 Å². The topological polar surface area (TPSA) is 83.8 Å². The fraction of sp³-hybridized carbons (Fsp3) is 0.900. The van der Waals surface area contributed by atoms with E-state index in [2.05, 4.69) is 6.92 Å². The highest BCUT2D eigenvalue weighted by molar-refractivity contribution is 5.78. The van der Waals surface area contributed by atoms with Crippen LogP contribution >= 0.6 is 0 Å². The van der Waals surface area contributed by atoms with E-state index in [-0.39, 0.29) is 23.2 Å². The number of aliphatic hydroxyl groups is 1. The monoisotopic (exact) mass is 350 g/mol. The van der Waals surface area contributed by atoms with Gasteiger partial charge in [-0.25, -0.2) is 0 Å². The molecular weight excluding hydrogens is 320 g/mol. The number of esters is 1. The Kier molecular flexibility index (Phi) is 3.46. The lowest BCUT2D eigenvalue weighted by Crippen LogP contribution is -2.67. The maximum absolute atomic E-state index is 12.3. The van der Waals surface area contributed by atoms with Crippen LogP contribution in [0.25, 0.3) is 0 Å². The van der Waals surface area contributed by atoms with Gasteiger partial charge in [0, 0.05) is 10.8 Å². The number of carboxylic acid groups (broad SMARTS) is 1. The SMILES string of the molecule is C[C@@]12CC[C@H]3[C@@](CC[C@@H]4[C@@]3(C)[C@@H](O)CC[C@@]4(C)C(=O)O)(COC1=O)C2. The lowest BCUT2D eigenvalue weighted by Gasteiger charge is -2.67. The summed E-state index contributed by atoms with van der Waals surface area (Å²) in [5, 5.41) is 21.0. The van der Waals surface area contributed by atoms with Gasteiger partial charge in [0.15, 0.2) is 0 Å². The predicted molar refractivity (Wildman–Crippen MR) is 90.7 cm³/mol. The number of cyclic esters (lactones) is 1. The molecule has 1 heterocycles. The molecule has 140 valence electrons. The first-order valence-corrected chi connectivity index (χ1v) is 9.67. The largest absolute Gasteiger partial charge is 0.481 e. The first-order chi connectivity index (χ1) is 11.6. The Labute approximate surface area is 149 Å². The molecule has 1 spiro atoms. The molecule has 5 heteroatoms. The van der Waals surface area contributed by atoms with Gasteiger partial charge in [-0.1, -0.05) is 6.92 Å². The molecule has 1 saturated heterocycles. The van der Waals surface area contributed by atoms with Crippen LogP contribution in [0.15, 0.2) is 0 Å². The molecular formula is C20H30O5. The number of fused-ring (bicyclic) bond motifs is 3. The van der Waals surface area contributed by atoms with Crippen LogP contribution < -0.4 is 0 Å². The molecule has 4 rings (SSSR count). The summed E-state index contributed by atoms with van der Waals surface area (Å²) in [4.78, 5) is 24.4. The third-order valence-corrected chi connectivity index (χ3v) is 8.80. The average molecular weight is 350 g/mol. The molecule has 1 aliphatic heterocycles. The van der Waals surface area contributed by atoms with E-state index in [0.29, 0.717) is 19.4 Å². The number of hydrogen-bond donors (Lipinski definition) is 2. The molecule has 2 bridgehead atoms. The fourth-order valence-electron chi connectivity index (χ4n) is 7.41. The molecule has 7 atom stereocenters. The molecule has 0 aromatic rings. The molecule has 0 amide bonds. The lowest BCUT2D eigenvalue weighted by atomic mass is 9.38. The summed E-state index contributed by atoms with van der Waals surface area (Å²) in [6.45, 7) is 6.44. The maximum atomic E-state index is 12.3. The second-order valence-electron chi connectivity index (χ2n) is 10.0. The van der Waals surface area contributed by atoms with Crippen molar-refractivity contribution in [3.05, 3.63) is 0 Å². The highest BCUT2D eigenvalue weighted by atomic mass is 16.5. The van der Waals surface area contributed by atoms with Gasteiger partial charge in [-0.2, -0.15) is 0 Å². The van der Waals surface area contributed by atoms with Crippen LogP contribution in [0.2, 0.25) is 0 Å². The normalized spacial score (nSPS) is 54.9. The predicted octanol–water partition coefficient (Wildman–Crippen LogP) is 3.00. The standard InChI is InChI=1S/C20H30O5/c1-17-7-4-13-19(3)12(18(2,15(22)23)8-6-14(19)21)5-9-20(13,10-17)11-25-16(17)24/h12-14,21H,4-11H2,1-3H3,(H,22,23)/t12-,13+,14-,17-,18+,19+,20+/m0/s1. The fourth-order valence-corrected chi connectivity index (χ4v) is 7.41. The second-order valence-corrected chi connectivity index (χ2v) is 10.0. The number of aliphatic carboxylic acids is 1. The minimum atomic E-state index is -0.776. The van der Waals surface area contributed by atoms with Crippen molar-refractivity contribution in [3.8, 4) is 0 Å². The van der Waals surface area contributed by atoms with Crippen molar-refractivity contribution in [3.63, 3.8) is 0 Å². The summed E-state index contributed by atoms with van der Waals surface area (Å²) in [5.74, 6) is -0.626. The van der Waals surface area contributed by atoms with Gasteiger partial charge < -0.3 is 14.9 Å². The van der Waals surface area contributed by atoms with Crippen molar-refractivity contribution in [1.29, 1.82) is 0 Å². The molecule has 3 saturated carbocycles. The van der Waals surface area contributed by atoms with Crippen LogP contribution in [0.5, 0.6) is 0 Å². The molecule has 0 aromatic heterocycles. The summed E-state index contributed by atoms with van der Waals surface area (Å²) in [5.41, 5.74) is -1.70. The average Bonchev–Trinajstić information content (AvgIpc) is 2.55. The minimum Gasteiger partial charge on any atom is -0.481 e. The number of rotatable bonds is 1. The molecule has 3 aliphatic carbocycles. The Balaban J connectivity index is 1.77. The molecule has 25 heavy (non-hydrogen) atoms. The van der Waals surface area contributed by atoms with Crippen molar-refractivity contribution in [2.45, 2.75) is 71.8 Å². The zero-order valence-electron chi connectivity index (χ0n) is 15.5. The minimum absolute atomic E-state index is 0.0288. The quantitative estimate of drug-likeness (QED) is 0.710. The van der Waals surface area contributed by atoms with Gasteiger partial charge in [0.1, 0.15) is 0 Å². The molecule has 0 aromatic carbocycles. The number of hydrogen-bond acceptors (Lipinski definition) is 4. The molecule has 2 N–H and O–H groups in total. The van der Waals surface area contributed by atoms with E-state index in [1.165, 1.54) is 0 Å². The summed E-state index contributed by atoms with van der Waals surface area (Å²) in [7, 11) is 0. The van der Waals surface area contributed by atoms with Gasteiger partial charge >= 0.3 is 11.9 Å². The first-order valence-electron chi connectivity index (χ1n) is 9.67. The van der Waals surface area contributed by atoms with E-state index in [0.717, 1.165) is 32.1 Å². The van der Waals surface area contributed by atoms with E-state index in [9.17, 15) is 19.8 Å². The van der Waals surface area contributed by atoms with Crippen LogP contribution in [0.1, 0.15) is 65.7 Å². The van der Waals surface area contributed by atoms with Gasteiger partial charge in [0.25, 0.3) is 0 Å². The van der Waals surface area contributed by atoms with Gasteiger partial charge in [-0.15, -0.1) is 0 Å². The zero-order chi connectivity index (χ0) is 18.3. The van der Waals surface area contributed by atoms with Crippen molar-refractivity contribution >= 4 is 11.9 Å². The Morgan fingerprint density at radius 1 is 1.08 bits per heavy atom. The highest BCUT2D eigenvalue weighted by Gasteiger charge is 2.69. The van der Waals surface area contributed by atoms with E-state index < -0.39 is 28.3 Å². The van der Waals surface area contributed by atoms with Crippen LogP contribution in [0, 0.1) is 33.5 Å². The molecule has 5 nitrogen and oxygen atoms in total. The van der Waals surface area contributed by atoms with Gasteiger partial charge in [-0.05, 0) is 70.6 Å². The number of carboxylic acids is 1. The maximum Gasteiger partial charge on any atom is 0.311 e. The van der Waals surface area contributed by atoms with Gasteiger partial charge in [0.05, 0.1) is 23.5 Å². The third-order valence-electron chi connectivity index (χ3n) is 8.80. The van der Waals surface area contributed by atoms with Crippen molar-refractivity contribution in [2.75, 3.05) is 6.61 Å². The van der Waals surface area contributed by atoms with Crippen molar-refractivity contribution < 1.29 is 24.5 Å². The Hall–Kier alpha value is -1.10. The lowest BCUT2D eigenvalue weighted by molar-refractivity contribution is -0.247. The summed E-state index contributed by atoms with van der Waals surface area (Å²) in [6, 6.07) is 0.